The Morgan fingerprint density at radius 1 is 1.29 bits per heavy atom. The number of aromatic nitrogens is 3. The molecule has 0 bridgehead atoms. The van der Waals surface area contributed by atoms with Crippen molar-refractivity contribution in [2.24, 2.45) is 5.92 Å². The molecule has 1 aromatic carbocycles. The Morgan fingerprint density at radius 2 is 2.11 bits per heavy atom. The summed E-state index contributed by atoms with van der Waals surface area (Å²) < 4.78 is 19.9. The minimum atomic E-state index is -1.45. The van der Waals surface area contributed by atoms with E-state index in [0.717, 1.165) is 11.4 Å². The molecule has 0 unspecified atom stereocenters. The number of hydrogen-bond donors (Lipinski definition) is 3. The van der Waals surface area contributed by atoms with Crippen LogP contribution in [0.5, 0.6) is 5.75 Å². The zero-order chi connectivity index (χ0) is 19.7. The monoisotopic (exact) mass is 383 g/mol. The van der Waals surface area contributed by atoms with Crippen molar-refractivity contribution in [2.45, 2.75) is 25.0 Å². The van der Waals surface area contributed by atoms with Crippen LogP contribution in [0.25, 0.3) is 11.4 Å². The maximum Gasteiger partial charge on any atom is 0.306 e. The molecule has 28 heavy (non-hydrogen) atoms. The number of carbonyl (C=O) groups is 1. The number of nitrogens with zero attached hydrogens (tertiary/aromatic N) is 2. The molecule has 1 fully saturated rings. The number of nitrogens with one attached hydrogen (secondary N) is 1. The average molecular weight is 383 g/mol. The zero-order valence-electron chi connectivity index (χ0n) is 14.8. The molecule has 3 N–H and O–H groups in total. The van der Waals surface area contributed by atoms with Gasteiger partial charge in [0.05, 0.1) is 29.1 Å². The predicted molar refractivity (Wildman–Crippen MR) is 96.8 cm³/mol. The summed E-state index contributed by atoms with van der Waals surface area (Å²) in [6, 6.07) is 9.73. The van der Waals surface area contributed by atoms with E-state index in [9.17, 15) is 14.3 Å². The molecule has 2 aromatic heterocycles. The number of pyridine rings is 1. The minimum absolute atomic E-state index is 0.00253. The van der Waals surface area contributed by atoms with Crippen LogP contribution in [0.1, 0.15) is 24.0 Å². The molecule has 2 heterocycles. The van der Waals surface area contributed by atoms with Crippen LogP contribution in [-0.4, -0.2) is 31.4 Å². The van der Waals surface area contributed by atoms with Gasteiger partial charge in [-0.1, -0.05) is 6.07 Å². The van der Waals surface area contributed by atoms with Gasteiger partial charge in [-0.25, -0.2) is 4.39 Å². The largest absolute Gasteiger partial charge is 0.487 e. The Hall–Kier alpha value is -3.26. The van der Waals surface area contributed by atoms with E-state index in [1.165, 1.54) is 12.1 Å². The molecule has 7 nitrogen and oxygen atoms in total. The lowest BCUT2D eigenvalue weighted by molar-refractivity contribution is -0.159. The van der Waals surface area contributed by atoms with E-state index < -0.39 is 23.3 Å². The lowest BCUT2D eigenvalue weighted by atomic mass is 9.67. The number of H-pyrrole nitrogens is 1. The third kappa shape index (κ3) is 3.46. The highest BCUT2D eigenvalue weighted by molar-refractivity contribution is 5.72. The van der Waals surface area contributed by atoms with E-state index in [4.69, 9.17) is 9.84 Å². The first-order valence-electron chi connectivity index (χ1n) is 8.77. The third-order valence-electron chi connectivity index (χ3n) is 4.97. The van der Waals surface area contributed by atoms with Gasteiger partial charge in [0, 0.05) is 11.8 Å². The molecule has 1 aliphatic carbocycles. The molecule has 0 amide bonds. The Morgan fingerprint density at radius 3 is 2.75 bits per heavy atom. The number of aliphatic hydroxyl groups is 1. The lowest BCUT2D eigenvalue weighted by Gasteiger charge is -2.42. The number of aromatic amines is 1. The van der Waals surface area contributed by atoms with Gasteiger partial charge in [-0.3, -0.25) is 14.9 Å². The van der Waals surface area contributed by atoms with Crippen LogP contribution in [0.3, 0.4) is 0 Å². The molecule has 0 aliphatic heterocycles. The molecule has 0 saturated heterocycles. The Labute approximate surface area is 159 Å². The standard InChI is InChI=1S/C20H18FN3O4/c21-16-3-1-12(7-15(16)20(27)8-13(9-20)19(25)26)11-28-14-2-4-17(22-10-14)18-5-6-23-24-18/h1-7,10,13,27H,8-9,11H2,(H,23,24)(H,25,26)/t13-,20+. The SMILES string of the molecule is O=C(O)[C@H]1C[C@](O)(c2cc(COc3ccc(-c4ccn[nH]4)nc3)ccc2F)C1. The summed E-state index contributed by atoms with van der Waals surface area (Å²) >= 11 is 0. The first kappa shape index (κ1) is 18.1. The molecule has 3 aromatic rings. The van der Waals surface area contributed by atoms with Crippen LogP contribution >= 0.6 is 0 Å². The molecule has 0 atom stereocenters. The van der Waals surface area contributed by atoms with Gasteiger partial charge in [-0.15, -0.1) is 0 Å². The topological polar surface area (TPSA) is 108 Å². The van der Waals surface area contributed by atoms with Crippen molar-refractivity contribution in [3.63, 3.8) is 0 Å². The molecule has 0 radical (unpaired) electrons. The average Bonchev–Trinajstić information content (AvgIpc) is 3.20. The highest BCUT2D eigenvalue weighted by Gasteiger charge is 2.48. The number of aliphatic carboxylic acids is 1. The fourth-order valence-electron chi connectivity index (χ4n) is 3.36. The van der Waals surface area contributed by atoms with Crippen LogP contribution in [0.2, 0.25) is 0 Å². The summed E-state index contributed by atoms with van der Waals surface area (Å²) in [5.74, 6) is -1.64. The summed E-state index contributed by atoms with van der Waals surface area (Å²) in [4.78, 5) is 15.3. The molecule has 0 spiro atoms. The maximum absolute atomic E-state index is 14.2. The molecule has 144 valence electrons. The van der Waals surface area contributed by atoms with Crippen molar-refractivity contribution < 1.29 is 24.1 Å². The van der Waals surface area contributed by atoms with Crippen LogP contribution in [0.15, 0.2) is 48.8 Å². The quantitative estimate of drug-likeness (QED) is 0.604. The van der Waals surface area contributed by atoms with Crippen molar-refractivity contribution in [1.29, 1.82) is 0 Å². The first-order chi connectivity index (χ1) is 13.4. The second-order valence-electron chi connectivity index (χ2n) is 6.93. The zero-order valence-corrected chi connectivity index (χ0v) is 14.8. The normalized spacial score (nSPS) is 21.1. The van der Waals surface area contributed by atoms with Crippen LogP contribution in [-0.2, 0) is 17.0 Å². The molecular formula is C20H18FN3O4. The Kier molecular flexibility index (Phi) is 4.56. The van der Waals surface area contributed by atoms with Gasteiger partial charge in [0.15, 0.2) is 0 Å². The fraction of sp³-hybridized carbons (Fsp3) is 0.250. The first-order valence-corrected chi connectivity index (χ1v) is 8.77. The molecule has 4 rings (SSSR count). The number of carboxylic acid groups (broad SMARTS) is 1. The fourth-order valence-corrected chi connectivity index (χ4v) is 3.36. The number of rotatable bonds is 6. The number of halogens is 1. The highest BCUT2D eigenvalue weighted by Crippen LogP contribution is 2.46. The van der Waals surface area contributed by atoms with Crippen molar-refractivity contribution in [1.82, 2.24) is 15.2 Å². The Bertz CT molecular complexity index is 983. The number of carboxylic acids is 1. The molecular weight excluding hydrogens is 365 g/mol. The lowest BCUT2D eigenvalue weighted by Crippen LogP contribution is -2.45. The van der Waals surface area contributed by atoms with Crippen LogP contribution in [0.4, 0.5) is 4.39 Å². The highest BCUT2D eigenvalue weighted by atomic mass is 19.1. The minimum Gasteiger partial charge on any atom is -0.487 e. The molecule has 1 saturated carbocycles. The second kappa shape index (κ2) is 7.05. The van der Waals surface area contributed by atoms with Gasteiger partial charge in [-0.05, 0) is 48.7 Å². The maximum atomic E-state index is 14.2. The van der Waals surface area contributed by atoms with Gasteiger partial charge in [0.2, 0.25) is 0 Å². The molecule has 1 aliphatic rings. The number of benzene rings is 1. The van der Waals surface area contributed by atoms with Crippen molar-refractivity contribution in [3.05, 3.63) is 65.7 Å². The predicted octanol–water partition coefficient (Wildman–Crippen LogP) is 2.87. The van der Waals surface area contributed by atoms with E-state index in [-0.39, 0.29) is 25.0 Å². The van der Waals surface area contributed by atoms with E-state index >= 15 is 0 Å². The van der Waals surface area contributed by atoms with Gasteiger partial charge >= 0.3 is 5.97 Å². The molecule has 8 heteroatoms. The van der Waals surface area contributed by atoms with E-state index in [0.29, 0.717) is 11.3 Å². The second-order valence-corrected chi connectivity index (χ2v) is 6.93. The third-order valence-corrected chi connectivity index (χ3v) is 4.97. The van der Waals surface area contributed by atoms with Gasteiger partial charge in [0.1, 0.15) is 18.2 Å². The smallest absolute Gasteiger partial charge is 0.306 e. The van der Waals surface area contributed by atoms with Crippen molar-refractivity contribution in [3.8, 4) is 17.1 Å². The van der Waals surface area contributed by atoms with Crippen molar-refractivity contribution >= 4 is 5.97 Å². The number of ether oxygens (including phenoxy) is 1. The van der Waals surface area contributed by atoms with E-state index in [2.05, 4.69) is 15.2 Å². The summed E-state index contributed by atoms with van der Waals surface area (Å²) in [6.07, 6.45) is 3.23. The van der Waals surface area contributed by atoms with Gasteiger partial charge in [0.25, 0.3) is 0 Å². The van der Waals surface area contributed by atoms with E-state index in [1.807, 2.05) is 6.07 Å². The summed E-state index contributed by atoms with van der Waals surface area (Å²) in [5, 5.41) is 26.2. The van der Waals surface area contributed by atoms with Crippen molar-refractivity contribution in [2.75, 3.05) is 0 Å². The Balaban J connectivity index is 1.44. The van der Waals surface area contributed by atoms with Gasteiger partial charge in [-0.2, -0.15) is 5.10 Å². The van der Waals surface area contributed by atoms with Crippen LogP contribution < -0.4 is 4.74 Å². The summed E-state index contributed by atoms with van der Waals surface area (Å²) in [5.41, 5.74) is 0.855. The summed E-state index contributed by atoms with van der Waals surface area (Å²) in [6.45, 7) is 0.163. The van der Waals surface area contributed by atoms with Crippen LogP contribution in [0, 0.1) is 11.7 Å². The summed E-state index contributed by atoms with van der Waals surface area (Å²) in [7, 11) is 0. The van der Waals surface area contributed by atoms with Gasteiger partial charge < -0.3 is 14.9 Å². The van der Waals surface area contributed by atoms with E-state index in [1.54, 1.807) is 30.6 Å². The number of hydrogen-bond acceptors (Lipinski definition) is 5.